The maximum absolute atomic E-state index is 13.4. The predicted molar refractivity (Wildman–Crippen MR) is 120 cm³/mol. The van der Waals surface area contributed by atoms with E-state index in [0.29, 0.717) is 22.9 Å². The van der Waals surface area contributed by atoms with Crippen LogP contribution in [0.5, 0.6) is 5.75 Å². The lowest BCUT2D eigenvalue weighted by molar-refractivity contribution is 0.103. The van der Waals surface area contributed by atoms with Gasteiger partial charge in [0.15, 0.2) is 5.78 Å². The van der Waals surface area contributed by atoms with E-state index in [1.165, 1.54) is 0 Å². The van der Waals surface area contributed by atoms with Crippen LogP contribution in [0.15, 0.2) is 29.4 Å². The highest BCUT2D eigenvalue weighted by Gasteiger charge is 2.28. The smallest absolute Gasteiger partial charge is 0.194 e. The molecule has 3 nitrogen and oxygen atoms in total. The fourth-order valence-corrected chi connectivity index (χ4v) is 4.05. The van der Waals surface area contributed by atoms with Gasteiger partial charge in [-0.3, -0.25) is 4.79 Å². The van der Waals surface area contributed by atoms with Gasteiger partial charge in [0.2, 0.25) is 0 Å². The van der Waals surface area contributed by atoms with Gasteiger partial charge < -0.3 is 9.67 Å². The molecular formula is C24H35NO2S. The Bertz CT molecular complexity index is 831. The third-order valence-electron chi connectivity index (χ3n) is 5.34. The zero-order valence-electron chi connectivity index (χ0n) is 18.8. The summed E-state index contributed by atoms with van der Waals surface area (Å²) in [5.74, 6) is 0.312. The predicted octanol–water partition coefficient (Wildman–Crippen LogP) is 6.71. The van der Waals surface area contributed by atoms with Gasteiger partial charge in [0.1, 0.15) is 5.75 Å². The molecule has 0 bridgehead atoms. The summed E-state index contributed by atoms with van der Waals surface area (Å²) in [6.45, 7) is 16.7. The standard InChI is InChI=1S/C24H35NO2S/c1-10-15(2)25-14-17(13-20(25)28-9)21(26)16-11-18(23(3,4)5)22(27)19(12-16)24(6,7)8/h11-15,27H,10H2,1-9H3. The van der Waals surface area contributed by atoms with Gasteiger partial charge >= 0.3 is 0 Å². The van der Waals surface area contributed by atoms with E-state index in [2.05, 4.69) is 60.0 Å². The van der Waals surface area contributed by atoms with Crippen LogP contribution in [-0.2, 0) is 10.8 Å². The van der Waals surface area contributed by atoms with Crippen molar-refractivity contribution in [1.29, 1.82) is 0 Å². The summed E-state index contributed by atoms with van der Waals surface area (Å²) in [6, 6.07) is 6.07. The average Bonchev–Trinajstić information content (AvgIpc) is 3.03. The number of ketones is 1. The molecule has 0 fully saturated rings. The molecule has 4 heteroatoms. The molecule has 0 amide bonds. The first kappa shape index (κ1) is 22.6. The fourth-order valence-electron chi connectivity index (χ4n) is 3.36. The highest BCUT2D eigenvalue weighted by atomic mass is 32.2. The minimum Gasteiger partial charge on any atom is -0.507 e. The lowest BCUT2D eigenvalue weighted by atomic mass is 9.78. The molecular weight excluding hydrogens is 366 g/mol. The van der Waals surface area contributed by atoms with Crippen LogP contribution >= 0.6 is 11.8 Å². The lowest BCUT2D eigenvalue weighted by Gasteiger charge is -2.28. The third kappa shape index (κ3) is 4.48. The molecule has 2 aromatic rings. The first-order valence-corrected chi connectivity index (χ1v) is 11.2. The molecule has 0 aliphatic rings. The number of hydrogen-bond donors (Lipinski definition) is 1. The number of phenols is 1. The van der Waals surface area contributed by atoms with Crippen LogP contribution in [0.2, 0.25) is 0 Å². The van der Waals surface area contributed by atoms with E-state index in [-0.39, 0.29) is 16.6 Å². The number of thioether (sulfide) groups is 1. The molecule has 0 aliphatic carbocycles. The van der Waals surface area contributed by atoms with Gasteiger partial charge in [-0.05, 0) is 48.6 Å². The van der Waals surface area contributed by atoms with E-state index in [1.54, 1.807) is 11.8 Å². The van der Waals surface area contributed by atoms with Gasteiger partial charge in [0.25, 0.3) is 0 Å². The summed E-state index contributed by atoms with van der Waals surface area (Å²) >= 11 is 1.66. The van der Waals surface area contributed by atoms with Crippen molar-refractivity contribution in [3.63, 3.8) is 0 Å². The van der Waals surface area contributed by atoms with Crippen molar-refractivity contribution in [3.8, 4) is 5.75 Å². The first-order chi connectivity index (χ1) is 12.8. The second-order valence-corrected chi connectivity index (χ2v) is 10.5. The van der Waals surface area contributed by atoms with Crippen LogP contribution in [0.25, 0.3) is 0 Å². The number of hydrogen-bond acceptors (Lipinski definition) is 3. The largest absolute Gasteiger partial charge is 0.507 e. The number of carbonyl (C=O) groups is 1. The molecule has 154 valence electrons. The molecule has 1 N–H and O–H groups in total. The Morgan fingerprint density at radius 2 is 1.54 bits per heavy atom. The fraction of sp³-hybridized carbons (Fsp3) is 0.542. The third-order valence-corrected chi connectivity index (χ3v) is 6.08. The maximum Gasteiger partial charge on any atom is 0.194 e. The van der Waals surface area contributed by atoms with Gasteiger partial charge in [-0.1, -0.05) is 48.5 Å². The maximum atomic E-state index is 13.4. The normalized spacial score (nSPS) is 13.6. The molecule has 1 heterocycles. The number of phenolic OH excluding ortho intramolecular Hbond substituents is 1. The molecule has 0 saturated carbocycles. The van der Waals surface area contributed by atoms with Crippen LogP contribution in [0.1, 0.15) is 94.9 Å². The zero-order chi connectivity index (χ0) is 21.4. The van der Waals surface area contributed by atoms with Gasteiger partial charge in [0, 0.05) is 34.5 Å². The highest BCUT2D eigenvalue weighted by molar-refractivity contribution is 7.98. The van der Waals surface area contributed by atoms with Gasteiger partial charge in [-0.2, -0.15) is 0 Å². The van der Waals surface area contributed by atoms with E-state index in [9.17, 15) is 9.90 Å². The molecule has 1 aromatic heterocycles. The Hall–Kier alpha value is -1.68. The second kappa shape index (κ2) is 7.98. The monoisotopic (exact) mass is 401 g/mol. The van der Waals surface area contributed by atoms with Crippen LogP contribution < -0.4 is 0 Å². The molecule has 2 rings (SSSR count). The van der Waals surface area contributed by atoms with E-state index >= 15 is 0 Å². The molecule has 28 heavy (non-hydrogen) atoms. The van der Waals surface area contributed by atoms with Gasteiger partial charge in [-0.25, -0.2) is 0 Å². The molecule has 1 aromatic carbocycles. The molecule has 0 aliphatic heterocycles. The van der Waals surface area contributed by atoms with Crippen LogP contribution in [0, 0.1) is 0 Å². The van der Waals surface area contributed by atoms with E-state index in [1.807, 2.05) is 30.7 Å². The van der Waals surface area contributed by atoms with Crippen molar-refractivity contribution in [2.24, 2.45) is 0 Å². The minimum atomic E-state index is -0.256. The minimum absolute atomic E-state index is 0.00773. The number of aromatic hydroxyl groups is 1. The number of rotatable bonds is 5. The molecule has 0 saturated heterocycles. The Balaban J connectivity index is 2.65. The van der Waals surface area contributed by atoms with Crippen LogP contribution in [0.4, 0.5) is 0 Å². The second-order valence-electron chi connectivity index (χ2n) is 9.68. The Morgan fingerprint density at radius 3 is 1.93 bits per heavy atom. The number of benzene rings is 1. The van der Waals surface area contributed by atoms with Crippen molar-refractivity contribution in [2.75, 3.05) is 6.26 Å². The molecule has 1 unspecified atom stereocenters. The summed E-state index contributed by atoms with van der Waals surface area (Å²) in [5.41, 5.74) is 2.46. The van der Waals surface area contributed by atoms with Crippen molar-refractivity contribution in [3.05, 3.63) is 46.6 Å². The van der Waals surface area contributed by atoms with Crippen LogP contribution in [-0.4, -0.2) is 21.7 Å². The summed E-state index contributed by atoms with van der Waals surface area (Å²) < 4.78 is 2.19. The quantitative estimate of drug-likeness (QED) is 0.447. The molecule has 0 spiro atoms. The summed E-state index contributed by atoms with van der Waals surface area (Å²) in [4.78, 5) is 13.4. The summed E-state index contributed by atoms with van der Waals surface area (Å²) in [5, 5.41) is 12.0. The van der Waals surface area contributed by atoms with Crippen molar-refractivity contribution in [1.82, 2.24) is 4.57 Å². The van der Waals surface area contributed by atoms with Crippen molar-refractivity contribution >= 4 is 17.5 Å². The van der Waals surface area contributed by atoms with Gasteiger partial charge in [-0.15, -0.1) is 11.8 Å². The number of nitrogens with zero attached hydrogens (tertiary/aromatic N) is 1. The Labute approximate surface area is 174 Å². The summed E-state index contributed by atoms with van der Waals surface area (Å²) in [6.07, 6.45) is 5.03. The Morgan fingerprint density at radius 1 is 1.04 bits per heavy atom. The topological polar surface area (TPSA) is 42.2 Å². The van der Waals surface area contributed by atoms with Crippen LogP contribution in [0.3, 0.4) is 0 Å². The lowest BCUT2D eigenvalue weighted by Crippen LogP contribution is -2.19. The zero-order valence-corrected chi connectivity index (χ0v) is 19.6. The first-order valence-electron chi connectivity index (χ1n) is 9.99. The van der Waals surface area contributed by atoms with E-state index < -0.39 is 0 Å². The number of carbonyl (C=O) groups excluding carboxylic acids is 1. The summed E-state index contributed by atoms with van der Waals surface area (Å²) in [7, 11) is 0. The Kier molecular flexibility index (Phi) is 6.44. The van der Waals surface area contributed by atoms with Crippen molar-refractivity contribution < 1.29 is 9.90 Å². The average molecular weight is 402 g/mol. The molecule has 1 atom stereocenters. The van der Waals surface area contributed by atoms with E-state index in [0.717, 1.165) is 22.6 Å². The molecule has 0 radical (unpaired) electrons. The van der Waals surface area contributed by atoms with E-state index in [4.69, 9.17) is 0 Å². The highest BCUT2D eigenvalue weighted by Crippen LogP contribution is 2.40. The number of aromatic nitrogens is 1. The van der Waals surface area contributed by atoms with Crippen molar-refractivity contribution in [2.45, 2.75) is 83.7 Å². The SMILES string of the molecule is CCC(C)n1cc(C(=O)c2cc(C(C)(C)C)c(O)c(C(C)(C)C)c2)cc1SC. The van der Waals surface area contributed by atoms with Gasteiger partial charge in [0.05, 0.1) is 5.03 Å².